The number of carbonyl (C=O) groups excluding carboxylic acids is 1. The molecule has 2 heterocycles. The van der Waals surface area contributed by atoms with Gasteiger partial charge in [-0.2, -0.15) is 22.9 Å². The maximum absolute atomic E-state index is 13.4. The minimum absolute atomic E-state index is 0.0459. The molecule has 3 aromatic carbocycles. The summed E-state index contributed by atoms with van der Waals surface area (Å²) >= 11 is 12.8. The zero-order chi connectivity index (χ0) is 29.1. The number of nitrogens with zero attached hydrogens (tertiary/aromatic N) is 4. The number of halogens is 5. The van der Waals surface area contributed by atoms with E-state index in [0.29, 0.717) is 37.4 Å². The molecule has 13 heteroatoms. The van der Waals surface area contributed by atoms with Crippen LogP contribution in [0.1, 0.15) is 11.1 Å². The molecule has 4 aromatic rings. The molecule has 0 unspecified atom stereocenters. The lowest BCUT2D eigenvalue weighted by molar-refractivity contribution is -0.138. The smallest absolute Gasteiger partial charge is 0.416 e. The van der Waals surface area contributed by atoms with Crippen molar-refractivity contribution in [1.82, 2.24) is 14.6 Å². The molecule has 1 fully saturated rings. The summed E-state index contributed by atoms with van der Waals surface area (Å²) in [4.78, 5) is 31.8. The van der Waals surface area contributed by atoms with E-state index >= 15 is 0 Å². The second kappa shape index (κ2) is 11.9. The first-order valence-corrected chi connectivity index (χ1v) is 13.1. The molecule has 1 saturated heterocycles. The van der Waals surface area contributed by atoms with Crippen LogP contribution in [0.2, 0.25) is 10.0 Å². The Bertz CT molecular complexity index is 1680. The average Bonchev–Trinajstić information content (AvgIpc) is 2.96. The van der Waals surface area contributed by atoms with Gasteiger partial charge in [-0.1, -0.05) is 47.5 Å². The molecule has 0 spiro atoms. The van der Waals surface area contributed by atoms with Crippen molar-refractivity contribution < 1.29 is 27.4 Å². The van der Waals surface area contributed by atoms with Gasteiger partial charge in [-0.25, -0.2) is 4.98 Å². The lowest BCUT2D eigenvalue weighted by Gasteiger charge is -2.26. The summed E-state index contributed by atoms with van der Waals surface area (Å²) < 4.78 is 52.0. The molecule has 0 radical (unpaired) electrons. The molecule has 41 heavy (non-hydrogen) atoms. The third-order valence-electron chi connectivity index (χ3n) is 6.25. The first-order chi connectivity index (χ1) is 19.6. The maximum Gasteiger partial charge on any atom is 0.416 e. The number of benzene rings is 3. The van der Waals surface area contributed by atoms with Gasteiger partial charge < -0.3 is 14.4 Å². The maximum atomic E-state index is 13.4. The van der Waals surface area contributed by atoms with Gasteiger partial charge in [0.15, 0.2) is 18.2 Å². The van der Waals surface area contributed by atoms with Gasteiger partial charge in [-0.15, -0.1) is 0 Å². The molecule has 1 aliphatic heterocycles. The van der Waals surface area contributed by atoms with Crippen LogP contribution in [0.3, 0.4) is 0 Å². The van der Waals surface area contributed by atoms with Gasteiger partial charge in [0.25, 0.3) is 11.5 Å². The van der Waals surface area contributed by atoms with E-state index in [-0.39, 0.29) is 45.1 Å². The molecule has 1 amide bonds. The fraction of sp³-hybridized carbons (Fsp3) is 0.214. The van der Waals surface area contributed by atoms with Gasteiger partial charge in [-0.3, -0.25) is 9.59 Å². The summed E-state index contributed by atoms with van der Waals surface area (Å²) in [6, 6.07) is 13.9. The molecular weight excluding hydrogens is 584 g/mol. The second-order valence-electron chi connectivity index (χ2n) is 8.99. The predicted octanol–water partition coefficient (Wildman–Crippen LogP) is 5.51. The number of carbonyl (C=O) groups is 1. The standard InChI is InChI=1S/C28H21Cl2F3N4O4/c29-21-12-17(13-22(30)25(21)41-16-24(38)36-8-10-40-11-9-36)15-34-37-26(18-4-3-5-19(14-18)28(31,32)33)35-23-7-2-1-6-20(23)27(37)39/h1-7,12-15H,8-11,16H2. The summed E-state index contributed by atoms with van der Waals surface area (Å²) in [7, 11) is 0. The van der Waals surface area contributed by atoms with E-state index in [1.165, 1.54) is 30.5 Å². The summed E-state index contributed by atoms with van der Waals surface area (Å²) in [5.74, 6) is -0.229. The van der Waals surface area contributed by atoms with E-state index in [4.69, 9.17) is 32.7 Å². The lowest BCUT2D eigenvalue weighted by Crippen LogP contribution is -2.43. The van der Waals surface area contributed by atoms with Gasteiger partial charge >= 0.3 is 6.18 Å². The predicted molar refractivity (Wildman–Crippen MR) is 149 cm³/mol. The fourth-order valence-corrected chi connectivity index (χ4v) is 4.82. The van der Waals surface area contributed by atoms with E-state index in [1.807, 2.05) is 0 Å². The van der Waals surface area contributed by atoms with Crippen LogP contribution >= 0.6 is 23.2 Å². The van der Waals surface area contributed by atoms with Crippen LogP contribution < -0.4 is 10.3 Å². The van der Waals surface area contributed by atoms with Crippen molar-refractivity contribution in [2.45, 2.75) is 6.18 Å². The van der Waals surface area contributed by atoms with Gasteiger partial charge in [0.2, 0.25) is 0 Å². The highest BCUT2D eigenvalue weighted by Gasteiger charge is 2.31. The first kappa shape index (κ1) is 28.6. The largest absolute Gasteiger partial charge is 0.481 e. The minimum Gasteiger partial charge on any atom is -0.481 e. The van der Waals surface area contributed by atoms with Crippen LogP contribution in [0.25, 0.3) is 22.3 Å². The van der Waals surface area contributed by atoms with E-state index in [0.717, 1.165) is 16.8 Å². The van der Waals surface area contributed by atoms with Gasteiger partial charge in [-0.05, 0) is 42.0 Å². The number of para-hydroxylation sites is 1. The van der Waals surface area contributed by atoms with Gasteiger partial charge in [0.1, 0.15) is 0 Å². The number of aromatic nitrogens is 2. The Balaban J connectivity index is 1.47. The van der Waals surface area contributed by atoms with Crippen LogP contribution in [0.15, 0.2) is 70.6 Å². The number of fused-ring (bicyclic) bond motifs is 1. The number of morpholine rings is 1. The SMILES string of the molecule is O=C(COc1c(Cl)cc(C=Nn2c(-c3cccc(C(F)(F)F)c3)nc3ccccc3c2=O)cc1Cl)N1CCOCC1. The van der Waals surface area contributed by atoms with E-state index < -0.39 is 17.3 Å². The highest BCUT2D eigenvalue weighted by molar-refractivity contribution is 6.37. The molecule has 0 N–H and O–H groups in total. The first-order valence-electron chi connectivity index (χ1n) is 12.3. The third kappa shape index (κ3) is 6.37. The fourth-order valence-electron chi connectivity index (χ4n) is 4.21. The summed E-state index contributed by atoms with van der Waals surface area (Å²) in [6.07, 6.45) is -3.32. The number of rotatable bonds is 6. The van der Waals surface area contributed by atoms with Crippen LogP contribution in [0.5, 0.6) is 5.75 Å². The minimum atomic E-state index is -4.59. The average molecular weight is 605 g/mol. The number of ether oxygens (including phenoxy) is 2. The molecule has 0 atom stereocenters. The number of hydrogen-bond acceptors (Lipinski definition) is 6. The summed E-state index contributed by atoms with van der Waals surface area (Å²) in [6.45, 7) is 1.56. The number of alkyl halides is 3. The summed E-state index contributed by atoms with van der Waals surface area (Å²) in [5.41, 5.74) is -0.769. The van der Waals surface area contributed by atoms with Crippen LogP contribution in [0.4, 0.5) is 13.2 Å². The summed E-state index contributed by atoms with van der Waals surface area (Å²) in [5, 5.41) is 4.66. The van der Waals surface area contributed by atoms with Crippen LogP contribution in [-0.4, -0.2) is 59.6 Å². The van der Waals surface area contributed by atoms with Crippen molar-refractivity contribution in [1.29, 1.82) is 0 Å². The highest BCUT2D eigenvalue weighted by atomic mass is 35.5. The molecule has 0 aliphatic carbocycles. The Morgan fingerprint density at radius 2 is 1.76 bits per heavy atom. The third-order valence-corrected chi connectivity index (χ3v) is 6.81. The monoisotopic (exact) mass is 604 g/mol. The zero-order valence-electron chi connectivity index (χ0n) is 21.2. The Morgan fingerprint density at radius 3 is 2.46 bits per heavy atom. The molecule has 0 saturated carbocycles. The number of hydrogen-bond donors (Lipinski definition) is 0. The van der Waals surface area contributed by atoms with Crippen molar-refractivity contribution in [2.75, 3.05) is 32.9 Å². The molecule has 0 bridgehead atoms. The van der Waals surface area contributed by atoms with Gasteiger partial charge in [0, 0.05) is 18.7 Å². The lowest BCUT2D eigenvalue weighted by atomic mass is 10.1. The normalized spacial score (nSPS) is 14.1. The quantitative estimate of drug-likeness (QED) is 0.271. The number of amides is 1. The van der Waals surface area contributed by atoms with E-state index in [1.54, 1.807) is 29.2 Å². The van der Waals surface area contributed by atoms with E-state index in [2.05, 4.69) is 10.1 Å². The molecule has 1 aromatic heterocycles. The van der Waals surface area contributed by atoms with Crippen molar-refractivity contribution in [3.63, 3.8) is 0 Å². The van der Waals surface area contributed by atoms with Crippen molar-refractivity contribution in [2.24, 2.45) is 5.10 Å². The van der Waals surface area contributed by atoms with E-state index in [9.17, 15) is 22.8 Å². The second-order valence-corrected chi connectivity index (χ2v) is 9.80. The molecule has 212 valence electrons. The van der Waals surface area contributed by atoms with Crippen molar-refractivity contribution in [3.8, 4) is 17.1 Å². The Hall–Kier alpha value is -3.93. The molecule has 8 nitrogen and oxygen atoms in total. The Labute approximate surface area is 241 Å². The topological polar surface area (TPSA) is 86.0 Å². The van der Waals surface area contributed by atoms with Crippen molar-refractivity contribution >= 4 is 46.2 Å². The molecule has 1 aliphatic rings. The Morgan fingerprint density at radius 1 is 1.05 bits per heavy atom. The van der Waals surface area contributed by atoms with Crippen LogP contribution in [-0.2, 0) is 15.7 Å². The van der Waals surface area contributed by atoms with Crippen molar-refractivity contribution in [3.05, 3.63) is 92.2 Å². The highest BCUT2D eigenvalue weighted by Crippen LogP contribution is 2.34. The van der Waals surface area contributed by atoms with Crippen LogP contribution in [0, 0.1) is 0 Å². The molecular formula is C28H21Cl2F3N4O4. The van der Waals surface area contributed by atoms with Gasteiger partial charge in [0.05, 0.1) is 45.9 Å². The Kier molecular flexibility index (Phi) is 8.30. The zero-order valence-corrected chi connectivity index (χ0v) is 22.7. The molecule has 5 rings (SSSR count).